The minimum Gasteiger partial charge on any atom is -0.371 e. The first-order chi connectivity index (χ1) is 10.7. The number of nitrogens with two attached hydrogens (primary N) is 1. The number of ether oxygens (including phenoxy) is 1. The van der Waals surface area contributed by atoms with Gasteiger partial charge in [-0.3, -0.25) is 9.69 Å². The highest BCUT2D eigenvalue weighted by atomic mass is 16.5. The van der Waals surface area contributed by atoms with Crippen molar-refractivity contribution in [3.63, 3.8) is 0 Å². The van der Waals surface area contributed by atoms with Crippen LogP contribution < -0.4 is 5.73 Å². The molecule has 1 saturated heterocycles. The Morgan fingerprint density at radius 1 is 1.14 bits per heavy atom. The Bertz CT molecular complexity index is 625. The molecular formula is C18H20N2O2. The average molecular weight is 296 g/mol. The highest BCUT2D eigenvalue weighted by Crippen LogP contribution is 2.23. The molecule has 2 aromatic carbocycles. The fraction of sp³-hybridized carbons (Fsp3) is 0.278. The Morgan fingerprint density at radius 2 is 1.86 bits per heavy atom. The SMILES string of the molecule is NC(=O)c1ccc(CN2CCOC(c3ccccc3)C2)cc1. The molecule has 1 aliphatic heterocycles. The lowest BCUT2D eigenvalue weighted by atomic mass is 10.1. The van der Waals surface area contributed by atoms with Crippen molar-refractivity contribution < 1.29 is 9.53 Å². The summed E-state index contributed by atoms with van der Waals surface area (Å²) in [6.45, 7) is 3.38. The average Bonchev–Trinajstić information content (AvgIpc) is 2.56. The monoisotopic (exact) mass is 296 g/mol. The van der Waals surface area contributed by atoms with Crippen LogP contribution in [0.2, 0.25) is 0 Å². The van der Waals surface area contributed by atoms with Crippen molar-refractivity contribution in [1.82, 2.24) is 4.90 Å². The Kier molecular flexibility index (Phi) is 4.51. The van der Waals surface area contributed by atoms with Gasteiger partial charge in [-0.1, -0.05) is 42.5 Å². The van der Waals surface area contributed by atoms with Crippen molar-refractivity contribution in [3.05, 3.63) is 71.3 Å². The van der Waals surface area contributed by atoms with Gasteiger partial charge in [0.2, 0.25) is 5.91 Å². The molecule has 2 aromatic rings. The highest BCUT2D eigenvalue weighted by molar-refractivity contribution is 5.92. The number of carbonyl (C=O) groups excluding carboxylic acids is 1. The molecule has 3 rings (SSSR count). The summed E-state index contributed by atoms with van der Waals surface area (Å²) >= 11 is 0. The van der Waals surface area contributed by atoms with Crippen LogP contribution in [0.4, 0.5) is 0 Å². The van der Waals surface area contributed by atoms with Crippen LogP contribution in [0.1, 0.15) is 27.6 Å². The van der Waals surface area contributed by atoms with E-state index in [-0.39, 0.29) is 12.0 Å². The number of carbonyl (C=O) groups is 1. The molecule has 114 valence electrons. The van der Waals surface area contributed by atoms with Crippen LogP contribution in [0.25, 0.3) is 0 Å². The summed E-state index contributed by atoms with van der Waals surface area (Å²) in [4.78, 5) is 13.5. The van der Waals surface area contributed by atoms with Crippen molar-refractivity contribution in [3.8, 4) is 0 Å². The van der Waals surface area contributed by atoms with Gasteiger partial charge in [-0.15, -0.1) is 0 Å². The normalized spacial score (nSPS) is 19.0. The number of amides is 1. The van der Waals surface area contributed by atoms with Crippen molar-refractivity contribution in [2.75, 3.05) is 19.7 Å². The quantitative estimate of drug-likeness (QED) is 0.942. The fourth-order valence-electron chi connectivity index (χ4n) is 2.75. The summed E-state index contributed by atoms with van der Waals surface area (Å²) in [7, 11) is 0. The summed E-state index contributed by atoms with van der Waals surface area (Å²) < 4.78 is 5.88. The summed E-state index contributed by atoms with van der Waals surface area (Å²) in [5, 5.41) is 0. The Labute approximate surface area is 130 Å². The molecule has 1 unspecified atom stereocenters. The molecule has 2 N–H and O–H groups in total. The molecule has 0 saturated carbocycles. The van der Waals surface area contributed by atoms with Gasteiger partial charge >= 0.3 is 0 Å². The molecule has 0 spiro atoms. The smallest absolute Gasteiger partial charge is 0.248 e. The first-order valence-electron chi connectivity index (χ1n) is 7.50. The number of benzene rings is 2. The summed E-state index contributed by atoms with van der Waals surface area (Å²) in [6, 6.07) is 17.8. The third-order valence-corrected chi connectivity index (χ3v) is 3.97. The van der Waals surface area contributed by atoms with E-state index in [0.717, 1.165) is 26.2 Å². The molecule has 1 heterocycles. The Morgan fingerprint density at radius 3 is 2.55 bits per heavy atom. The molecule has 22 heavy (non-hydrogen) atoms. The molecule has 1 aliphatic rings. The van der Waals surface area contributed by atoms with E-state index < -0.39 is 0 Å². The van der Waals surface area contributed by atoms with Crippen LogP contribution in [-0.4, -0.2) is 30.5 Å². The molecular weight excluding hydrogens is 276 g/mol. The molecule has 1 fully saturated rings. The maximum absolute atomic E-state index is 11.1. The predicted octanol–water partition coefficient (Wildman–Crippen LogP) is 2.36. The van der Waals surface area contributed by atoms with Gasteiger partial charge in [0, 0.05) is 25.2 Å². The van der Waals surface area contributed by atoms with Crippen molar-refractivity contribution >= 4 is 5.91 Å². The standard InChI is InChI=1S/C18H20N2O2/c19-18(21)16-8-6-14(7-9-16)12-20-10-11-22-17(13-20)15-4-2-1-3-5-15/h1-9,17H,10-13H2,(H2,19,21). The number of primary amides is 1. The molecule has 0 bridgehead atoms. The lowest BCUT2D eigenvalue weighted by Gasteiger charge is -2.33. The molecule has 0 aromatic heterocycles. The Balaban J connectivity index is 1.64. The zero-order valence-corrected chi connectivity index (χ0v) is 12.4. The molecule has 4 nitrogen and oxygen atoms in total. The first-order valence-corrected chi connectivity index (χ1v) is 7.50. The van der Waals surface area contributed by atoms with E-state index >= 15 is 0 Å². The third-order valence-electron chi connectivity index (χ3n) is 3.97. The topological polar surface area (TPSA) is 55.6 Å². The van der Waals surface area contributed by atoms with E-state index in [4.69, 9.17) is 10.5 Å². The minimum atomic E-state index is -0.387. The van der Waals surface area contributed by atoms with Gasteiger partial charge in [-0.25, -0.2) is 0 Å². The second-order valence-electron chi connectivity index (χ2n) is 5.57. The summed E-state index contributed by atoms with van der Waals surface area (Å²) in [6.07, 6.45) is 0.125. The molecule has 1 atom stereocenters. The number of rotatable bonds is 4. The minimum absolute atomic E-state index is 0.125. The van der Waals surface area contributed by atoms with E-state index in [9.17, 15) is 4.79 Å². The van der Waals surface area contributed by atoms with Crippen LogP contribution in [0.3, 0.4) is 0 Å². The largest absolute Gasteiger partial charge is 0.371 e. The number of hydrogen-bond donors (Lipinski definition) is 1. The van der Waals surface area contributed by atoms with Gasteiger partial charge in [-0.05, 0) is 23.3 Å². The van der Waals surface area contributed by atoms with Gasteiger partial charge in [-0.2, -0.15) is 0 Å². The number of nitrogens with zero attached hydrogens (tertiary/aromatic N) is 1. The van der Waals surface area contributed by atoms with Crippen molar-refractivity contribution in [2.24, 2.45) is 5.73 Å². The number of hydrogen-bond acceptors (Lipinski definition) is 3. The van der Waals surface area contributed by atoms with E-state index in [0.29, 0.717) is 5.56 Å². The third kappa shape index (κ3) is 3.53. The lowest BCUT2D eigenvalue weighted by molar-refractivity contribution is -0.0329. The predicted molar refractivity (Wildman–Crippen MR) is 85.4 cm³/mol. The van der Waals surface area contributed by atoms with E-state index in [2.05, 4.69) is 17.0 Å². The second kappa shape index (κ2) is 6.73. The van der Waals surface area contributed by atoms with Crippen LogP contribution >= 0.6 is 0 Å². The van der Waals surface area contributed by atoms with Gasteiger partial charge in [0.1, 0.15) is 0 Å². The first kappa shape index (κ1) is 14.8. The van der Waals surface area contributed by atoms with Gasteiger partial charge in [0.05, 0.1) is 12.7 Å². The molecule has 4 heteroatoms. The second-order valence-corrected chi connectivity index (χ2v) is 5.57. The highest BCUT2D eigenvalue weighted by Gasteiger charge is 2.21. The zero-order chi connectivity index (χ0) is 15.4. The summed E-state index contributed by atoms with van der Waals surface area (Å²) in [5.41, 5.74) is 8.21. The van der Waals surface area contributed by atoms with E-state index in [1.165, 1.54) is 11.1 Å². The molecule has 0 aliphatic carbocycles. The van der Waals surface area contributed by atoms with Crippen LogP contribution in [0.5, 0.6) is 0 Å². The summed E-state index contributed by atoms with van der Waals surface area (Å²) in [5.74, 6) is -0.387. The van der Waals surface area contributed by atoms with Crippen molar-refractivity contribution in [1.29, 1.82) is 0 Å². The maximum atomic E-state index is 11.1. The van der Waals surface area contributed by atoms with Crippen LogP contribution in [-0.2, 0) is 11.3 Å². The van der Waals surface area contributed by atoms with Gasteiger partial charge in [0.15, 0.2) is 0 Å². The fourth-order valence-corrected chi connectivity index (χ4v) is 2.75. The zero-order valence-electron chi connectivity index (χ0n) is 12.4. The maximum Gasteiger partial charge on any atom is 0.248 e. The van der Waals surface area contributed by atoms with Crippen LogP contribution in [0.15, 0.2) is 54.6 Å². The molecule has 1 amide bonds. The van der Waals surface area contributed by atoms with E-state index in [1.807, 2.05) is 30.3 Å². The van der Waals surface area contributed by atoms with Gasteiger partial charge < -0.3 is 10.5 Å². The Hall–Kier alpha value is -2.17. The van der Waals surface area contributed by atoms with Gasteiger partial charge in [0.25, 0.3) is 0 Å². The number of morpholine rings is 1. The van der Waals surface area contributed by atoms with E-state index in [1.54, 1.807) is 12.1 Å². The van der Waals surface area contributed by atoms with Crippen molar-refractivity contribution in [2.45, 2.75) is 12.6 Å². The lowest BCUT2D eigenvalue weighted by Crippen LogP contribution is -2.37. The molecule has 0 radical (unpaired) electrons. The van der Waals surface area contributed by atoms with Crippen LogP contribution in [0, 0.1) is 0 Å².